The number of amides is 1. The lowest BCUT2D eigenvalue weighted by molar-refractivity contribution is -0.130. The molecule has 1 saturated heterocycles. The summed E-state index contributed by atoms with van der Waals surface area (Å²) in [5, 5.41) is 0. The van der Waals surface area contributed by atoms with Gasteiger partial charge in [0.1, 0.15) is 5.52 Å². The third-order valence-corrected chi connectivity index (χ3v) is 4.34. The van der Waals surface area contributed by atoms with Crippen molar-refractivity contribution in [3.05, 3.63) is 66.3 Å². The molecule has 2 aliphatic rings. The number of morpholine rings is 1. The number of carbonyl (C=O) groups is 1. The summed E-state index contributed by atoms with van der Waals surface area (Å²) in [6.45, 7) is 2.48. The quantitative estimate of drug-likeness (QED) is 0.840. The van der Waals surface area contributed by atoms with Crippen molar-refractivity contribution in [2.75, 3.05) is 26.3 Å². The first-order valence-corrected chi connectivity index (χ1v) is 8.32. The Kier molecular flexibility index (Phi) is 4.35. The van der Waals surface area contributed by atoms with Gasteiger partial charge in [0.2, 0.25) is 0 Å². The molecule has 2 aromatic heterocycles. The largest absolute Gasteiger partial charge is 0.378 e. The molecule has 0 bridgehead atoms. The van der Waals surface area contributed by atoms with E-state index < -0.39 is 0 Å². The van der Waals surface area contributed by atoms with Crippen molar-refractivity contribution in [3.8, 4) is 0 Å². The number of carbonyl (C=O) groups excluding carboxylic acids is 1. The van der Waals surface area contributed by atoms with Gasteiger partial charge in [0.25, 0.3) is 5.91 Å². The number of pyridine rings is 1. The molecule has 25 heavy (non-hydrogen) atoms. The van der Waals surface area contributed by atoms with Crippen LogP contribution in [0.4, 0.5) is 0 Å². The van der Waals surface area contributed by atoms with E-state index in [1.54, 1.807) is 18.6 Å². The molecule has 3 heterocycles. The zero-order valence-electron chi connectivity index (χ0n) is 13.7. The molecule has 1 aliphatic carbocycles. The monoisotopic (exact) mass is 334 g/mol. The average Bonchev–Trinajstić information content (AvgIpc) is 2.94. The fourth-order valence-corrected chi connectivity index (χ4v) is 2.96. The van der Waals surface area contributed by atoms with Crippen LogP contribution in [0.15, 0.2) is 60.6 Å². The summed E-state index contributed by atoms with van der Waals surface area (Å²) in [5.41, 5.74) is 3.15. The van der Waals surface area contributed by atoms with Crippen LogP contribution >= 0.6 is 0 Å². The average molecular weight is 334 g/mol. The Hall–Kier alpha value is -2.86. The summed E-state index contributed by atoms with van der Waals surface area (Å²) in [6.07, 6.45) is 14.7. The molecule has 4 rings (SSSR count). The number of aromatic nitrogens is 3. The van der Waals surface area contributed by atoms with Gasteiger partial charge in [-0.05, 0) is 12.1 Å². The Morgan fingerprint density at radius 1 is 1.08 bits per heavy atom. The molecular formula is C19H18N4O2. The molecule has 2 aromatic rings. The predicted octanol–water partition coefficient (Wildman–Crippen LogP) is 2.02. The van der Waals surface area contributed by atoms with Crippen LogP contribution in [0.3, 0.4) is 0 Å². The van der Waals surface area contributed by atoms with Crippen molar-refractivity contribution in [1.29, 1.82) is 0 Å². The van der Waals surface area contributed by atoms with E-state index in [1.807, 2.05) is 41.3 Å². The lowest BCUT2D eigenvalue weighted by Crippen LogP contribution is -2.41. The molecule has 0 saturated carbocycles. The van der Waals surface area contributed by atoms with E-state index in [4.69, 9.17) is 4.74 Å². The second-order valence-corrected chi connectivity index (χ2v) is 5.95. The van der Waals surface area contributed by atoms with E-state index in [0.29, 0.717) is 31.9 Å². The van der Waals surface area contributed by atoms with Crippen LogP contribution in [0.5, 0.6) is 0 Å². The van der Waals surface area contributed by atoms with Crippen LogP contribution in [-0.4, -0.2) is 52.1 Å². The van der Waals surface area contributed by atoms with Crippen LogP contribution in [0.2, 0.25) is 0 Å². The number of hydrogen-bond donors (Lipinski definition) is 0. The van der Waals surface area contributed by atoms with E-state index >= 15 is 0 Å². The highest BCUT2D eigenvalue weighted by molar-refractivity contribution is 5.96. The van der Waals surface area contributed by atoms with Gasteiger partial charge in [-0.2, -0.15) is 0 Å². The van der Waals surface area contributed by atoms with Gasteiger partial charge in [0.05, 0.1) is 30.6 Å². The van der Waals surface area contributed by atoms with Gasteiger partial charge in [-0.15, -0.1) is 0 Å². The lowest BCUT2D eigenvalue weighted by Gasteiger charge is -2.27. The van der Waals surface area contributed by atoms with E-state index in [-0.39, 0.29) is 11.8 Å². The highest BCUT2D eigenvalue weighted by Gasteiger charge is 2.20. The standard InChI is InChI=1S/C19H18N4O2/c24-19(23-8-10-25-11-9-23)15-3-1-2-14(4-5-15)16-12-17-18(13-22-16)21-7-6-20-17/h1-7,12-14H,8-11H2. The summed E-state index contributed by atoms with van der Waals surface area (Å²) in [6, 6.07) is 1.94. The Labute approximate surface area is 145 Å². The first kappa shape index (κ1) is 15.7. The summed E-state index contributed by atoms with van der Waals surface area (Å²) >= 11 is 0. The maximum Gasteiger partial charge on any atom is 0.253 e. The van der Waals surface area contributed by atoms with Crippen molar-refractivity contribution in [2.24, 2.45) is 0 Å². The van der Waals surface area contributed by atoms with Gasteiger partial charge in [-0.1, -0.05) is 24.3 Å². The van der Waals surface area contributed by atoms with E-state index in [9.17, 15) is 4.79 Å². The zero-order valence-corrected chi connectivity index (χ0v) is 13.7. The number of nitrogens with zero attached hydrogens (tertiary/aromatic N) is 4. The minimum Gasteiger partial charge on any atom is -0.378 e. The lowest BCUT2D eigenvalue weighted by atomic mass is 10.0. The van der Waals surface area contributed by atoms with Crippen molar-refractivity contribution in [3.63, 3.8) is 0 Å². The SMILES string of the molecule is O=C(C1=CC=CC(c2cc3nccnc3cn2)C=C1)N1CCOCC1. The van der Waals surface area contributed by atoms with Crippen LogP contribution in [0.1, 0.15) is 11.6 Å². The highest BCUT2D eigenvalue weighted by Crippen LogP contribution is 2.23. The van der Waals surface area contributed by atoms with E-state index in [0.717, 1.165) is 16.7 Å². The second-order valence-electron chi connectivity index (χ2n) is 5.95. The predicted molar refractivity (Wildman–Crippen MR) is 93.8 cm³/mol. The molecule has 1 fully saturated rings. The Morgan fingerprint density at radius 3 is 2.72 bits per heavy atom. The molecule has 0 radical (unpaired) electrons. The number of rotatable bonds is 2. The topological polar surface area (TPSA) is 68.2 Å². The van der Waals surface area contributed by atoms with Crippen molar-refractivity contribution in [1.82, 2.24) is 19.9 Å². The minimum absolute atomic E-state index is 0.00218. The molecule has 1 unspecified atom stereocenters. The van der Waals surface area contributed by atoms with Crippen molar-refractivity contribution < 1.29 is 9.53 Å². The van der Waals surface area contributed by atoms with Gasteiger partial charge in [-0.25, -0.2) is 0 Å². The van der Waals surface area contributed by atoms with Gasteiger partial charge in [0.15, 0.2) is 0 Å². The maximum atomic E-state index is 12.6. The molecular weight excluding hydrogens is 316 g/mol. The van der Waals surface area contributed by atoms with E-state index in [1.165, 1.54) is 0 Å². The molecule has 6 heteroatoms. The molecule has 0 aromatic carbocycles. The first-order valence-electron chi connectivity index (χ1n) is 8.32. The van der Waals surface area contributed by atoms with Gasteiger partial charge in [-0.3, -0.25) is 19.7 Å². The Balaban J connectivity index is 1.55. The Morgan fingerprint density at radius 2 is 1.88 bits per heavy atom. The number of allylic oxidation sites excluding steroid dienone is 4. The highest BCUT2D eigenvalue weighted by atomic mass is 16.5. The fourth-order valence-electron chi connectivity index (χ4n) is 2.96. The molecule has 1 atom stereocenters. The molecule has 0 N–H and O–H groups in total. The fraction of sp³-hybridized carbons (Fsp3) is 0.263. The number of hydrogen-bond acceptors (Lipinski definition) is 5. The third-order valence-electron chi connectivity index (χ3n) is 4.34. The first-order chi connectivity index (χ1) is 12.3. The van der Waals surface area contributed by atoms with Crippen LogP contribution in [-0.2, 0) is 9.53 Å². The third kappa shape index (κ3) is 3.34. The molecule has 1 aliphatic heterocycles. The summed E-state index contributed by atoms with van der Waals surface area (Å²) in [4.78, 5) is 27.5. The normalized spacial score (nSPS) is 20.4. The van der Waals surface area contributed by atoms with Gasteiger partial charge >= 0.3 is 0 Å². The molecule has 1 amide bonds. The van der Waals surface area contributed by atoms with Crippen LogP contribution < -0.4 is 0 Å². The van der Waals surface area contributed by atoms with Gasteiger partial charge < -0.3 is 9.64 Å². The minimum atomic E-state index is -0.00218. The molecule has 126 valence electrons. The second kappa shape index (κ2) is 6.94. The van der Waals surface area contributed by atoms with Gasteiger partial charge in [0, 0.05) is 37.0 Å². The van der Waals surface area contributed by atoms with Crippen molar-refractivity contribution in [2.45, 2.75) is 5.92 Å². The summed E-state index contributed by atoms with van der Waals surface area (Å²) < 4.78 is 5.31. The van der Waals surface area contributed by atoms with E-state index in [2.05, 4.69) is 15.0 Å². The van der Waals surface area contributed by atoms with Crippen LogP contribution in [0, 0.1) is 0 Å². The number of ether oxygens (including phenoxy) is 1. The molecule has 0 spiro atoms. The number of fused-ring (bicyclic) bond motifs is 1. The van der Waals surface area contributed by atoms with Crippen molar-refractivity contribution >= 4 is 16.9 Å². The summed E-state index contributed by atoms with van der Waals surface area (Å²) in [7, 11) is 0. The maximum absolute atomic E-state index is 12.6. The zero-order chi connectivity index (χ0) is 17.1. The smallest absolute Gasteiger partial charge is 0.253 e. The molecule has 6 nitrogen and oxygen atoms in total. The summed E-state index contributed by atoms with van der Waals surface area (Å²) in [5.74, 6) is 0.0415. The Bertz CT molecular complexity index is 882. The van der Waals surface area contributed by atoms with Crippen LogP contribution in [0.25, 0.3) is 11.0 Å².